The first-order chi connectivity index (χ1) is 9.19. The number of halogens is 2. The van der Waals surface area contributed by atoms with Crippen molar-refractivity contribution in [3.63, 3.8) is 0 Å². The zero-order valence-corrected chi connectivity index (χ0v) is 14.1. The van der Waals surface area contributed by atoms with Gasteiger partial charge in [-0.05, 0) is 52.5 Å². The monoisotopic (exact) mass is 401 g/mol. The largest absolute Gasteiger partial charge is 0.322 e. The standard InChI is InChI=1S/C14H13Br2NOS/c15-6-2-4-10-3-1-5-12(7-10)17-14(18)11-8-13(16)19-9-11/h1,3,5,7-9H,2,4,6H2,(H,17,18). The number of nitrogens with one attached hydrogen (secondary N) is 1. The van der Waals surface area contributed by atoms with Gasteiger partial charge in [-0.1, -0.05) is 28.1 Å². The molecule has 0 fully saturated rings. The van der Waals surface area contributed by atoms with E-state index >= 15 is 0 Å². The van der Waals surface area contributed by atoms with Gasteiger partial charge in [-0.2, -0.15) is 0 Å². The molecule has 1 aromatic heterocycles. The summed E-state index contributed by atoms with van der Waals surface area (Å²) in [5.74, 6) is -0.0698. The number of thiophene rings is 1. The molecule has 0 aliphatic rings. The van der Waals surface area contributed by atoms with Crippen LogP contribution in [0, 0.1) is 0 Å². The third-order valence-electron chi connectivity index (χ3n) is 2.61. The molecule has 0 saturated carbocycles. The molecular formula is C14H13Br2NOS. The molecule has 0 saturated heterocycles. The Bertz CT molecular complexity index is 568. The minimum Gasteiger partial charge on any atom is -0.322 e. The number of carbonyl (C=O) groups is 1. The molecule has 0 aliphatic heterocycles. The van der Waals surface area contributed by atoms with Crippen molar-refractivity contribution in [2.45, 2.75) is 12.8 Å². The van der Waals surface area contributed by atoms with Crippen LogP contribution in [-0.2, 0) is 6.42 Å². The fourth-order valence-electron chi connectivity index (χ4n) is 1.71. The summed E-state index contributed by atoms with van der Waals surface area (Å²) < 4.78 is 0.962. The lowest BCUT2D eigenvalue weighted by molar-refractivity contribution is 0.102. The van der Waals surface area contributed by atoms with Crippen LogP contribution in [0.15, 0.2) is 39.5 Å². The van der Waals surface area contributed by atoms with Crippen molar-refractivity contribution < 1.29 is 4.79 Å². The summed E-state index contributed by atoms with van der Waals surface area (Å²) in [6.45, 7) is 0. The van der Waals surface area contributed by atoms with Crippen molar-refractivity contribution >= 4 is 54.8 Å². The molecule has 0 atom stereocenters. The number of carbonyl (C=O) groups excluding carboxylic acids is 1. The molecule has 0 spiro atoms. The Balaban J connectivity index is 2.04. The van der Waals surface area contributed by atoms with Crippen LogP contribution >= 0.6 is 43.2 Å². The molecule has 0 aliphatic carbocycles. The summed E-state index contributed by atoms with van der Waals surface area (Å²) in [6.07, 6.45) is 2.10. The predicted octanol–water partition coefficient (Wildman–Crippen LogP) is 5.09. The van der Waals surface area contributed by atoms with Crippen LogP contribution in [0.4, 0.5) is 5.69 Å². The Morgan fingerprint density at radius 1 is 1.32 bits per heavy atom. The normalized spacial score (nSPS) is 10.4. The van der Waals surface area contributed by atoms with Crippen LogP contribution < -0.4 is 5.32 Å². The highest BCUT2D eigenvalue weighted by molar-refractivity contribution is 9.11. The third kappa shape index (κ3) is 4.44. The van der Waals surface area contributed by atoms with E-state index in [0.717, 1.165) is 27.6 Å². The van der Waals surface area contributed by atoms with Crippen molar-refractivity contribution in [1.29, 1.82) is 0 Å². The summed E-state index contributed by atoms with van der Waals surface area (Å²) in [5, 5.41) is 5.76. The van der Waals surface area contributed by atoms with E-state index in [1.807, 2.05) is 29.6 Å². The van der Waals surface area contributed by atoms with Crippen LogP contribution in [0.3, 0.4) is 0 Å². The molecule has 100 valence electrons. The number of anilines is 1. The van der Waals surface area contributed by atoms with E-state index in [4.69, 9.17) is 0 Å². The summed E-state index contributed by atoms with van der Waals surface area (Å²) in [4.78, 5) is 12.0. The lowest BCUT2D eigenvalue weighted by atomic mass is 10.1. The molecule has 5 heteroatoms. The highest BCUT2D eigenvalue weighted by Crippen LogP contribution is 2.22. The number of alkyl halides is 1. The van der Waals surface area contributed by atoms with E-state index < -0.39 is 0 Å². The van der Waals surface area contributed by atoms with Gasteiger partial charge in [0.15, 0.2) is 0 Å². The lowest BCUT2D eigenvalue weighted by Gasteiger charge is -2.06. The second kappa shape index (κ2) is 7.22. The van der Waals surface area contributed by atoms with Gasteiger partial charge in [0.05, 0.1) is 9.35 Å². The van der Waals surface area contributed by atoms with E-state index in [1.54, 1.807) is 0 Å². The van der Waals surface area contributed by atoms with E-state index in [0.29, 0.717) is 5.56 Å². The minimum absolute atomic E-state index is 0.0698. The quantitative estimate of drug-likeness (QED) is 0.693. The number of hydrogen-bond acceptors (Lipinski definition) is 2. The maximum absolute atomic E-state index is 12.0. The molecule has 1 aromatic carbocycles. The Hall–Kier alpha value is -0.650. The van der Waals surface area contributed by atoms with Gasteiger partial charge in [-0.3, -0.25) is 4.79 Å². The van der Waals surface area contributed by atoms with Crippen molar-refractivity contribution in [3.8, 4) is 0 Å². The first-order valence-electron chi connectivity index (χ1n) is 5.89. The second-order valence-electron chi connectivity index (χ2n) is 4.09. The van der Waals surface area contributed by atoms with Crippen LogP contribution in [-0.4, -0.2) is 11.2 Å². The highest BCUT2D eigenvalue weighted by Gasteiger charge is 2.08. The Kier molecular flexibility index (Phi) is 5.60. The van der Waals surface area contributed by atoms with Crippen molar-refractivity contribution in [3.05, 3.63) is 50.6 Å². The maximum Gasteiger partial charge on any atom is 0.256 e. The molecule has 0 unspecified atom stereocenters. The van der Waals surface area contributed by atoms with Gasteiger partial charge in [0.25, 0.3) is 5.91 Å². The van der Waals surface area contributed by atoms with Gasteiger partial charge < -0.3 is 5.32 Å². The van der Waals surface area contributed by atoms with Crippen LogP contribution in [0.25, 0.3) is 0 Å². The molecule has 19 heavy (non-hydrogen) atoms. The number of aryl methyl sites for hydroxylation is 1. The van der Waals surface area contributed by atoms with Crippen molar-refractivity contribution in [1.82, 2.24) is 0 Å². The average Bonchev–Trinajstić information content (AvgIpc) is 2.83. The van der Waals surface area contributed by atoms with Crippen LogP contribution in [0.1, 0.15) is 22.3 Å². The van der Waals surface area contributed by atoms with Gasteiger partial charge >= 0.3 is 0 Å². The van der Waals surface area contributed by atoms with Gasteiger partial charge in [-0.25, -0.2) is 0 Å². The van der Waals surface area contributed by atoms with Gasteiger partial charge in [0.2, 0.25) is 0 Å². The zero-order valence-electron chi connectivity index (χ0n) is 10.2. The first-order valence-corrected chi connectivity index (χ1v) is 8.69. The third-order valence-corrected chi connectivity index (χ3v) is 4.68. The smallest absolute Gasteiger partial charge is 0.256 e. The fraction of sp³-hybridized carbons (Fsp3) is 0.214. The SMILES string of the molecule is O=C(Nc1cccc(CCCBr)c1)c1csc(Br)c1. The average molecular weight is 403 g/mol. The molecule has 2 rings (SSSR count). The van der Waals surface area contributed by atoms with Crippen molar-refractivity contribution in [2.75, 3.05) is 10.6 Å². The summed E-state index contributed by atoms with van der Waals surface area (Å²) >= 11 is 8.29. The highest BCUT2D eigenvalue weighted by atomic mass is 79.9. The maximum atomic E-state index is 12.0. The number of benzene rings is 1. The molecule has 0 bridgehead atoms. The molecule has 0 radical (unpaired) electrons. The van der Waals surface area contributed by atoms with E-state index in [9.17, 15) is 4.79 Å². The lowest BCUT2D eigenvalue weighted by Crippen LogP contribution is -2.10. The van der Waals surface area contributed by atoms with Gasteiger partial charge in [-0.15, -0.1) is 11.3 Å². The number of amides is 1. The summed E-state index contributed by atoms with van der Waals surface area (Å²) in [6, 6.07) is 9.83. The van der Waals surface area contributed by atoms with Gasteiger partial charge in [0.1, 0.15) is 0 Å². The van der Waals surface area contributed by atoms with Gasteiger partial charge in [0, 0.05) is 16.4 Å². The second-order valence-corrected chi connectivity index (χ2v) is 7.17. The topological polar surface area (TPSA) is 29.1 Å². The van der Waals surface area contributed by atoms with E-state index in [2.05, 4.69) is 43.2 Å². The minimum atomic E-state index is -0.0698. The Morgan fingerprint density at radius 3 is 2.84 bits per heavy atom. The van der Waals surface area contributed by atoms with Crippen LogP contribution in [0.5, 0.6) is 0 Å². The van der Waals surface area contributed by atoms with Crippen molar-refractivity contribution in [2.24, 2.45) is 0 Å². The molecule has 1 amide bonds. The van der Waals surface area contributed by atoms with Crippen LogP contribution in [0.2, 0.25) is 0 Å². The summed E-state index contributed by atoms with van der Waals surface area (Å²) in [7, 11) is 0. The van der Waals surface area contributed by atoms with E-state index in [-0.39, 0.29) is 5.91 Å². The molecule has 1 N–H and O–H groups in total. The molecule has 2 aromatic rings. The molecular weight excluding hydrogens is 390 g/mol. The predicted molar refractivity (Wildman–Crippen MR) is 88.5 cm³/mol. The first kappa shape index (κ1) is 14.8. The Labute approximate surface area is 133 Å². The summed E-state index contributed by atoms with van der Waals surface area (Å²) in [5.41, 5.74) is 2.77. The molecule has 2 nitrogen and oxygen atoms in total. The zero-order chi connectivity index (χ0) is 13.7. The molecule has 1 heterocycles. The number of rotatable bonds is 5. The van der Waals surface area contributed by atoms with E-state index in [1.165, 1.54) is 16.9 Å². The Morgan fingerprint density at radius 2 is 2.16 bits per heavy atom. The number of hydrogen-bond donors (Lipinski definition) is 1. The fourth-order valence-corrected chi connectivity index (χ4v) is 3.12.